The standard InChI is InChI=1S/C18H30N2O/c1-3-13-19-17(4-2)18-12-11-16(14-20-18)21-15-9-7-5-6-8-10-15/h11-12,14-15,17,19H,3-10,13H2,1-2H3. The summed E-state index contributed by atoms with van der Waals surface area (Å²) in [6.45, 7) is 5.43. The molecule has 0 aromatic carbocycles. The number of nitrogens with zero attached hydrogens (tertiary/aromatic N) is 1. The van der Waals surface area contributed by atoms with Gasteiger partial charge in [-0.05, 0) is 57.2 Å². The molecule has 2 rings (SSSR count). The van der Waals surface area contributed by atoms with E-state index in [1.54, 1.807) is 0 Å². The maximum Gasteiger partial charge on any atom is 0.138 e. The lowest BCUT2D eigenvalue weighted by Gasteiger charge is -2.19. The van der Waals surface area contributed by atoms with E-state index in [0.29, 0.717) is 12.1 Å². The number of aromatic nitrogens is 1. The van der Waals surface area contributed by atoms with Crippen molar-refractivity contribution in [1.82, 2.24) is 10.3 Å². The van der Waals surface area contributed by atoms with Crippen molar-refractivity contribution in [2.45, 2.75) is 77.4 Å². The van der Waals surface area contributed by atoms with Gasteiger partial charge in [-0.25, -0.2) is 0 Å². The van der Waals surface area contributed by atoms with Gasteiger partial charge in [0, 0.05) is 6.04 Å². The van der Waals surface area contributed by atoms with Gasteiger partial charge in [-0.1, -0.05) is 26.7 Å². The molecular weight excluding hydrogens is 260 g/mol. The van der Waals surface area contributed by atoms with Crippen molar-refractivity contribution in [1.29, 1.82) is 0 Å². The average Bonchev–Trinajstić information content (AvgIpc) is 2.78. The second kappa shape index (κ2) is 9.04. The molecule has 1 unspecified atom stereocenters. The Balaban J connectivity index is 1.91. The van der Waals surface area contributed by atoms with Crippen LogP contribution >= 0.6 is 0 Å². The van der Waals surface area contributed by atoms with Gasteiger partial charge in [0.25, 0.3) is 0 Å². The van der Waals surface area contributed by atoms with Crippen LogP contribution in [0.1, 0.15) is 76.9 Å². The molecule has 1 heterocycles. The number of ether oxygens (including phenoxy) is 1. The Bertz CT molecular complexity index is 383. The van der Waals surface area contributed by atoms with Gasteiger partial charge in [0.1, 0.15) is 5.75 Å². The molecule has 0 amide bonds. The molecule has 1 fully saturated rings. The van der Waals surface area contributed by atoms with Gasteiger partial charge in [-0.2, -0.15) is 0 Å². The van der Waals surface area contributed by atoms with E-state index in [9.17, 15) is 0 Å². The van der Waals surface area contributed by atoms with Crippen molar-refractivity contribution in [3.05, 3.63) is 24.0 Å². The molecule has 1 atom stereocenters. The van der Waals surface area contributed by atoms with Crippen molar-refractivity contribution in [3.8, 4) is 5.75 Å². The number of hydrogen-bond donors (Lipinski definition) is 1. The molecular formula is C18H30N2O. The summed E-state index contributed by atoms with van der Waals surface area (Å²) in [5, 5.41) is 3.54. The molecule has 118 valence electrons. The third kappa shape index (κ3) is 5.31. The van der Waals surface area contributed by atoms with Crippen LogP contribution in [-0.2, 0) is 0 Å². The zero-order valence-corrected chi connectivity index (χ0v) is 13.6. The Labute approximate surface area is 129 Å². The Morgan fingerprint density at radius 3 is 2.52 bits per heavy atom. The van der Waals surface area contributed by atoms with Crippen LogP contribution in [0, 0.1) is 0 Å². The minimum Gasteiger partial charge on any atom is -0.489 e. The zero-order chi connectivity index (χ0) is 14.9. The normalized spacial score (nSPS) is 18.2. The molecule has 21 heavy (non-hydrogen) atoms. The van der Waals surface area contributed by atoms with E-state index in [2.05, 4.69) is 36.3 Å². The van der Waals surface area contributed by atoms with Crippen molar-refractivity contribution < 1.29 is 4.74 Å². The predicted molar refractivity (Wildman–Crippen MR) is 87.7 cm³/mol. The highest BCUT2D eigenvalue weighted by molar-refractivity contribution is 5.22. The highest BCUT2D eigenvalue weighted by atomic mass is 16.5. The van der Waals surface area contributed by atoms with E-state index in [4.69, 9.17) is 4.74 Å². The Morgan fingerprint density at radius 1 is 1.19 bits per heavy atom. The summed E-state index contributed by atoms with van der Waals surface area (Å²) < 4.78 is 6.10. The van der Waals surface area contributed by atoms with Gasteiger partial charge >= 0.3 is 0 Å². The molecule has 1 saturated carbocycles. The zero-order valence-electron chi connectivity index (χ0n) is 13.6. The number of rotatable bonds is 7. The van der Waals surface area contributed by atoms with E-state index in [-0.39, 0.29) is 0 Å². The van der Waals surface area contributed by atoms with Crippen molar-refractivity contribution in [2.24, 2.45) is 0 Å². The minimum atomic E-state index is 0.358. The average molecular weight is 290 g/mol. The molecule has 0 radical (unpaired) electrons. The van der Waals surface area contributed by atoms with Crippen LogP contribution in [0.15, 0.2) is 18.3 Å². The maximum atomic E-state index is 6.10. The second-order valence-corrected chi connectivity index (χ2v) is 6.07. The quantitative estimate of drug-likeness (QED) is 0.743. The smallest absolute Gasteiger partial charge is 0.138 e. The molecule has 0 spiro atoms. The first-order chi connectivity index (χ1) is 10.3. The monoisotopic (exact) mass is 290 g/mol. The van der Waals surface area contributed by atoms with Crippen LogP contribution in [0.3, 0.4) is 0 Å². The van der Waals surface area contributed by atoms with Crippen molar-refractivity contribution in [2.75, 3.05) is 6.54 Å². The summed E-state index contributed by atoms with van der Waals surface area (Å²) >= 11 is 0. The van der Waals surface area contributed by atoms with E-state index >= 15 is 0 Å². The van der Waals surface area contributed by atoms with E-state index in [0.717, 1.165) is 30.8 Å². The largest absolute Gasteiger partial charge is 0.489 e. The van der Waals surface area contributed by atoms with Crippen molar-refractivity contribution >= 4 is 0 Å². The molecule has 0 aliphatic heterocycles. The van der Waals surface area contributed by atoms with Crippen LogP contribution in [0.25, 0.3) is 0 Å². The van der Waals surface area contributed by atoms with Crippen molar-refractivity contribution in [3.63, 3.8) is 0 Å². The predicted octanol–water partition coefficient (Wildman–Crippen LogP) is 4.63. The molecule has 1 aliphatic rings. The van der Waals surface area contributed by atoms with Crippen LogP contribution in [0.5, 0.6) is 5.75 Å². The van der Waals surface area contributed by atoms with E-state index in [1.165, 1.54) is 38.5 Å². The molecule has 0 saturated heterocycles. The van der Waals surface area contributed by atoms with Gasteiger partial charge in [-0.15, -0.1) is 0 Å². The maximum absolute atomic E-state index is 6.10. The van der Waals surface area contributed by atoms with Gasteiger partial charge < -0.3 is 10.1 Å². The first-order valence-corrected chi connectivity index (χ1v) is 8.69. The Kier molecular flexibility index (Phi) is 7.01. The number of hydrogen-bond acceptors (Lipinski definition) is 3. The molecule has 1 aromatic rings. The first kappa shape index (κ1) is 16.3. The summed E-state index contributed by atoms with van der Waals surface area (Å²) in [4.78, 5) is 4.60. The number of nitrogens with one attached hydrogen (secondary N) is 1. The lowest BCUT2D eigenvalue weighted by molar-refractivity contribution is 0.183. The second-order valence-electron chi connectivity index (χ2n) is 6.07. The topological polar surface area (TPSA) is 34.1 Å². The highest BCUT2D eigenvalue weighted by Gasteiger charge is 2.14. The van der Waals surface area contributed by atoms with Crippen LogP contribution < -0.4 is 10.1 Å². The summed E-state index contributed by atoms with van der Waals surface area (Å²) in [6.07, 6.45) is 12.2. The van der Waals surface area contributed by atoms with Crippen LogP contribution in [-0.4, -0.2) is 17.6 Å². The molecule has 3 heteroatoms. The molecule has 1 aromatic heterocycles. The molecule has 1 N–H and O–H groups in total. The lowest BCUT2D eigenvalue weighted by Crippen LogP contribution is -2.22. The fourth-order valence-electron chi connectivity index (χ4n) is 3.00. The summed E-state index contributed by atoms with van der Waals surface area (Å²) in [5.41, 5.74) is 1.12. The summed E-state index contributed by atoms with van der Waals surface area (Å²) in [7, 11) is 0. The minimum absolute atomic E-state index is 0.358. The summed E-state index contributed by atoms with van der Waals surface area (Å²) in [6, 6.07) is 4.56. The third-order valence-electron chi connectivity index (χ3n) is 4.27. The number of pyridine rings is 1. The van der Waals surface area contributed by atoms with Gasteiger partial charge in [0.05, 0.1) is 18.0 Å². The Morgan fingerprint density at radius 2 is 1.95 bits per heavy atom. The fourth-order valence-corrected chi connectivity index (χ4v) is 3.00. The van der Waals surface area contributed by atoms with E-state index < -0.39 is 0 Å². The van der Waals surface area contributed by atoms with Gasteiger partial charge in [-0.3, -0.25) is 4.98 Å². The van der Waals surface area contributed by atoms with Gasteiger partial charge in [0.15, 0.2) is 0 Å². The SMILES string of the molecule is CCCNC(CC)c1ccc(OC2CCCCCC2)cn1. The highest BCUT2D eigenvalue weighted by Crippen LogP contribution is 2.23. The summed E-state index contributed by atoms with van der Waals surface area (Å²) in [5.74, 6) is 0.927. The van der Waals surface area contributed by atoms with Crippen LogP contribution in [0.4, 0.5) is 0 Å². The molecule has 0 bridgehead atoms. The third-order valence-corrected chi connectivity index (χ3v) is 4.27. The van der Waals surface area contributed by atoms with E-state index in [1.807, 2.05) is 6.20 Å². The first-order valence-electron chi connectivity index (χ1n) is 8.69. The van der Waals surface area contributed by atoms with Crippen LogP contribution in [0.2, 0.25) is 0 Å². The van der Waals surface area contributed by atoms with Gasteiger partial charge in [0.2, 0.25) is 0 Å². The molecule has 3 nitrogen and oxygen atoms in total. The molecule has 1 aliphatic carbocycles. The Hall–Kier alpha value is -1.09. The fraction of sp³-hybridized carbons (Fsp3) is 0.722. The lowest BCUT2D eigenvalue weighted by atomic mass is 10.1.